The van der Waals surface area contributed by atoms with Gasteiger partial charge < -0.3 is 15.2 Å². The molecule has 3 aromatic rings. The van der Waals surface area contributed by atoms with Crippen LogP contribution in [-0.4, -0.2) is 22.6 Å². The molecule has 0 saturated carbocycles. The minimum Gasteiger partial charge on any atom is -0.478 e. The molecular weight excluding hydrogens is 371 g/mol. The summed E-state index contributed by atoms with van der Waals surface area (Å²) in [7, 11) is 0. The van der Waals surface area contributed by atoms with Crippen LogP contribution in [-0.2, 0) is 12.8 Å². The van der Waals surface area contributed by atoms with Crippen molar-refractivity contribution in [3.63, 3.8) is 0 Å². The van der Waals surface area contributed by atoms with E-state index in [1.54, 1.807) is 24.4 Å². The molecule has 1 aromatic heterocycles. The number of carboxylic acids is 1. The summed E-state index contributed by atoms with van der Waals surface area (Å²) in [6, 6.07) is 13.6. The zero-order valence-electron chi connectivity index (χ0n) is 15.8. The molecule has 5 nitrogen and oxygen atoms in total. The predicted octanol–water partition coefficient (Wildman–Crippen LogP) is 4.53. The molecule has 0 bridgehead atoms. The number of hydrogen-bond acceptors (Lipinski definition) is 4. The van der Waals surface area contributed by atoms with E-state index in [9.17, 15) is 14.3 Å². The summed E-state index contributed by atoms with van der Waals surface area (Å²) in [6.45, 7) is 0.844. The number of pyridine rings is 1. The normalized spacial score (nSPS) is 15.6. The maximum absolute atomic E-state index is 13.1. The smallest absolute Gasteiger partial charge is 0.336 e. The first-order chi connectivity index (χ1) is 14.1. The SMILES string of the molecule is O=C(O)c1ccncc1CC[C@H]1NCCc2cc(Oc3ccc(F)cc3)ccc21. The second-order valence-electron chi connectivity index (χ2n) is 7.05. The standard InChI is InChI=1S/C23H21FN2O3/c24-17-2-4-18(5-3-17)29-19-6-7-20-15(13-19)9-12-26-22(20)8-1-16-14-25-11-10-21(16)23(27)28/h2-7,10-11,13-14,22,26H,1,8-9,12H2,(H,27,28)/t22-/m1/s1. The molecule has 0 amide bonds. The number of aryl methyl sites for hydroxylation is 1. The van der Waals surface area contributed by atoms with Gasteiger partial charge in [0.15, 0.2) is 0 Å². The lowest BCUT2D eigenvalue weighted by molar-refractivity contribution is 0.0695. The highest BCUT2D eigenvalue weighted by Gasteiger charge is 2.21. The molecule has 1 aliphatic heterocycles. The number of hydrogen-bond donors (Lipinski definition) is 2. The number of carboxylic acid groups (broad SMARTS) is 1. The van der Waals surface area contributed by atoms with Crippen molar-refractivity contribution in [1.82, 2.24) is 10.3 Å². The summed E-state index contributed by atoms with van der Waals surface area (Å²) in [5.41, 5.74) is 3.45. The molecule has 0 spiro atoms. The monoisotopic (exact) mass is 392 g/mol. The van der Waals surface area contributed by atoms with E-state index < -0.39 is 5.97 Å². The van der Waals surface area contributed by atoms with E-state index in [1.807, 2.05) is 18.2 Å². The Morgan fingerprint density at radius 2 is 1.97 bits per heavy atom. The summed E-state index contributed by atoms with van der Waals surface area (Å²) in [4.78, 5) is 15.5. The fourth-order valence-corrected chi connectivity index (χ4v) is 3.72. The molecule has 148 valence electrons. The Bertz CT molecular complexity index is 1020. The van der Waals surface area contributed by atoms with E-state index >= 15 is 0 Å². The first kappa shape index (κ1) is 19.1. The van der Waals surface area contributed by atoms with E-state index in [0.717, 1.165) is 30.7 Å². The molecule has 2 aromatic carbocycles. The van der Waals surface area contributed by atoms with Gasteiger partial charge in [-0.3, -0.25) is 4.98 Å². The van der Waals surface area contributed by atoms with Crippen LogP contribution in [0.5, 0.6) is 11.5 Å². The highest BCUT2D eigenvalue weighted by molar-refractivity contribution is 5.89. The molecule has 6 heteroatoms. The highest BCUT2D eigenvalue weighted by atomic mass is 19.1. The van der Waals surface area contributed by atoms with Crippen molar-refractivity contribution in [3.8, 4) is 11.5 Å². The van der Waals surface area contributed by atoms with Gasteiger partial charge in [-0.25, -0.2) is 9.18 Å². The third kappa shape index (κ3) is 4.43. The lowest BCUT2D eigenvalue weighted by atomic mass is 9.90. The van der Waals surface area contributed by atoms with Crippen LogP contribution in [0, 0.1) is 5.82 Å². The minimum atomic E-state index is -0.929. The third-order valence-corrected chi connectivity index (χ3v) is 5.16. The first-order valence-corrected chi connectivity index (χ1v) is 9.56. The Morgan fingerprint density at radius 3 is 2.76 bits per heavy atom. The summed E-state index contributed by atoms with van der Waals surface area (Å²) in [5.74, 6) is 0.0874. The second-order valence-corrected chi connectivity index (χ2v) is 7.05. The lowest BCUT2D eigenvalue weighted by Gasteiger charge is -2.27. The van der Waals surface area contributed by atoms with Gasteiger partial charge in [-0.1, -0.05) is 6.07 Å². The number of ether oxygens (including phenoxy) is 1. The molecule has 0 saturated heterocycles. The van der Waals surface area contributed by atoms with Crippen LogP contribution in [0.1, 0.15) is 39.5 Å². The zero-order valence-corrected chi connectivity index (χ0v) is 15.8. The Balaban J connectivity index is 1.48. The zero-order chi connectivity index (χ0) is 20.2. The van der Waals surface area contributed by atoms with Crippen LogP contribution < -0.4 is 10.1 Å². The van der Waals surface area contributed by atoms with Gasteiger partial charge in [0.2, 0.25) is 0 Å². The van der Waals surface area contributed by atoms with Crippen molar-refractivity contribution >= 4 is 5.97 Å². The van der Waals surface area contributed by atoms with Crippen molar-refractivity contribution in [3.05, 3.63) is 89.0 Å². The van der Waals surface area contributed by atoms with E-state index in [0.29, 0.717) is 17.7 Å². The van der Waals surface area contributed by atoms with Crippen LogP contribution >= 0.6 is 0 Å². The predicted molar refractivity (Wildman–Crippen MR) is 107 cm³/mol. The van der Waals surface area contributed by atoms with E-state index in [1.165, 1.54) is 29.5 Å². The van der Waals surface area contributed by atoms with Crippen LogP contribution in [0.3, 0.4) is 0 Å². The maximum Gasteiger partial charge on any atom is 0.336 e. The molecular formula is C23H21FN2O3. The molecule has 0 unspecified atom stereocenters. The largest absolute Gasteiger partial charge is 0.478 e. The quantitative estimate of drug-likeness (QED) is 0.645. The second kappa shape index (κ2) is 8.41. The summed E-state index contributed by atoms with van der Waals surface area (Å²) >= 11 is 0. The van der Waals surface area contributed by atoms with Gasteiger partial charge >= 0.3 is 5.97 Å². The topological polar surface area (TPSA) is 71.5 Å². The fraction of sp³-hybridized carbons (Fsp3) is 0.217. The van der Waals surface area contributed by atoms with Gasteiger partial charge in [0.05, 0.1) is 5.56 Å². The van der Waals surface area contributed by atoms with Crippen LogP contribution in [0.4, 0.5) is 4.39 Å². The van der Waals surface area contributed by atoms with Gasteiger partial charge in [-0.2, -0.15) is 0 Å². The van der Waals surface area contributed by atoms with Gasteiger partial charge in [0, 0.05) is 18.4 Å². The summed E-state index contributed by atoms with van der Waals surface area (Å²) in [5, 5.41) is 12.9. The molecule has 4 rings (SSSR count). The minimum absolute atomic E-state index is 0.139. The lowest BCUT2D eigenvalue weighted by Crippen LogP contribution is -2.30. The number of nitrogens with zero attached hydrogens (tertiary/aromatic N) is 1. The maximum atomic E-state index is 13.1. The van der Waals surface area contributed by atoms with Gasteiger partial charge in [-0.15, -0.1) is 0 Å². The number of nitrogens with one attached hydrogen (secondary N) is 1. The number of rotatable bonds is 6. The number of halogens is 1. The molecule has 2 heterocycles. The van der Waals surface area contributed by atoms with Crippen molar-refractivity contribution in [2.45, 2.75) is 25.3 Å². The Labute approximate surface area is 168 Å². The van der Waals surface area contributed by atoms with Gasteiger partial charge in [-0.05, 0) is 85.0 Å². The number of aromatic nitrogens is 1. The average Bonchev–Trinajstić information content (AvgIpc) is 2.74. The Kier molecular flexibility index (Phi) is 5.53. The molecule has 0 aliphatic carbocycles. The first-order valence-electron chi connectivity index (χ1n) is 9.56. The van der Waals surface area contributed by atoms with Crippen molar-refractivity contribution < 1.29 is 19.0 Å². The molecule has 29 heavy (non-hydrogen) atoms. The molecule has 2 N–H and O–H groups in total. The number of fused-ring (bicyclic) bond motifs is 1. The van der Waals surface area contributed by atoms with Crippen molar-refractivity contribution in [1.29, 1.82) is 0 Å². The van der Waals surface area contributed by atoms with Gasteiger partial charge in [0.25, 0.3) is 0 Å². The Hall–Kier alpha value is -3.25. The van der Waals surface area contributed by atoms with Crippen LogP contribution in [0.25, 0.3) is 0 Å². The van der Waals surface area contributed by atoms with E-state index in [2.05, 4.69) is 10.3 Å². The van der Waals surface area contributed by atoms with Crippen molar-refractivity contribution in [2.75, 3.05) is 6.54 Å². The molecule has 0 fully saturated rings. The van der Waals surface area contributed by atoms with Crippen LogP contribution in [0.2, 0.25) is 0 Å². The number of benzene rings is 2. The fourth-order valence-electron chi connectivity index (χ4n) is 3.72. The average molecular weight is 392 g/mol. The third-order valence-electron chi connectivity index (χ3n) is 5.16. The molecule has 0 radical (unpaired) electrons. The Morgan fingerprint density at radius 1 is 1.17 bits per heavy atom. The molecule has 1 atom stereocenters. The summed E-state index contributed by atoms with van der Waals surface area (Å²) < 4.78 is 18.9. The highest BCUT2D eigenvalue weighted by Crippen LogP contribution is 2.31. The number of aromatic carboxylic acids is 1. The van der Waals surface area contributed by atoms with Gasteiger partial charge in [0.1, 0.15) is 17.3 Å². The summed E-state index contributed by atoms with van der Waals surface area (Å²) in [6.07, 6.45) is 5.42. The van der Waals surface area contributed by atoms with Crippen LogP contribution in [0.15, 0.2) is 60.9 Å². The van der Waals surface area contributed by atoms with E-state index in [-0.39, 0.29) is 11.9 Å². The van der Waals surface area contributed by atoms with Crippen molar-refractivity contribution in [2.24, 2.45) is 0 Å². The molecule has 1 aliphatic rings. The van der Waals surface area contributed by atoms with E-state index in [4.69, 9.17) is 4.74 Å². The number of carbonyl (C=O) groups is 1.